The minimum Gasteiger partial charge on any atom is -0.424 e. The number of rotatable bonds is 5. The van der Waals surface area contributed by atoms with Crippen LogP contribution in [0.5, 0.6) is 0 Å². The Morgan fingerprint density at radius 2 is 2.36 bits per heavy atom. The maximum Gasteiger partial charge on any atom is 0.502 e. The van der Waals surface area contributed by atoms with E-state index in [2.05, 4.69) is 5.32 Å². The molecule has 0 unspecified atom stereocenters. The van der Waals surface area contributed by atoms with E-state index in [1.807, 2.05) is 17.5 Å². The molecule has 1 fully saturated rings. The Kier molecular flexibility index (Phi) is 5.70. The first kappa shape index (κ1) is 16.7. The molecule has 1 aliphatic heterocycles. The first-order chi connectivity index (χ1) is 10.5. The van der Waals surface area contributed by atoms with Crippen molar-refractivity contribution in [2.24, 2.45) is 0 Å². The summed E-state index contributed by atoms with van der Waals surface area (Å²) in [5.74, 6) is -1.57. The highest BCUT2D eigenvalue weighted by molar-refractivity contribution is 7.10. The second-order valence-electron chi connectivity index (χ2n) is 5.10. The summed E-state index contributed by atoms with van der Waals surface area (Å²) in [5, 5.41) is 15.4. The van der Waals surface area contributed by atoms with Crippen molar-refractivity contribution in [3.8, 4) is 0 Å². The van der Waals surface area contributed by atoms with Crippen molar-refractivity contribution in [3.63, 3.8) is 0 Å². The second-order valence-corrected chi connectivity index (χ2v) is 6.13. The van der Waals surface area contributed by atoms with Crippen LogP contribution in [0.25, 0.3) is 0 Å². The molecule has 2 rings (SSSR count). The Morgan fingerprint density at radius 1 is 1.59 bits per heavy atom. The molecule has 1 aromatic heterocycles. The van der Waals surface area contributed by atoms with E-state index in [9.17, 15) is 19.4 Å². The van der Waals surface area contributed by atoms with Gasteiger partial charge in [-0.05, 0) is 24.8 Å². The Labute approximate surface area is 132 Å². The molecule has 118 valence electrons. The van der Waals surface area contributed by atoms with Crippen molar-refractivity contribution >= 4 is 36.1 Å². The molecular weight excluding hydrogens is 307 g/mol. The average molecular weight is 324 g/mol. The molecule has 0 aromatic carbocycles. The minimum atomic E-state index is -1.36. The topological polar surface area (TPSA) is 95.9 Å². The minimum absolute atomic E-state index is 0.0916. The van der Waals surface area contributed by atoms with Gasteiger partial charge in [-0.3, -0.25) is 19.1 Å². The van der Waals surface area contributed by atoms with E-state index in [0.717, 1.165) is 9.94 Å². The highest BCUT2D eigenvalue weighted by Crippen LogP contribution is 2.14. The molecule has 2 amide bonds. The van der Waals surface area contributed by atoms with E-state index >= 15 is 0 Å². The summed E-state index contributed by atoms with van der Waals surface area (Å²) in [4.78, 5) is 35.8. The van der Waals surface area contributed by atoms with Gasteiger partial charge in [-0.25, -0.2) is 5.06 Å². The molecule has 2 heterocycles. The lowest BCUT2D eigenvalue weighted by molar-refractivity contribution is -0.162. The maximum absolute atomic E-state index is 12.0. The first-order valence-corrected chi connectivity index (χ1v) is 7.80. The molecule has 1 atom stereocenters. The van der Waals surface area contributed by atoms with Gasteiger partial charge in [0.05, 0.1) is 12.4 Å². The molecule has 1 aliphatic rings. The molecule has 1 aromatic rings. The van der Waals surface area contributed by atoms with Crippen LogP contribution in [0.3, 0.4) is 0 Å². The number of carbonyl (C=O) groups is 3. The smallest absolute Gasteiger partial charge is 0.424 e. The predicted molar refractivity (Wildman–Crippen MR) is 80.6 cm³/mol. The highest BCUT2D eigenvalue weighted by atomic mass is 32.1. The Morgan fingerprint density at radius 3 is 3.00 bits per heavy atom. The number of ketones is 1. The molecule has 0 spiro atoms. The fourth-order valence-electron chi connectivity index (χ4n) is 2.11. The van der Waals surface area contributed by atoms with E-state index in [-0.39, 0.29) is 43.4 Å². The zero-order valence-electron chi connectivity index (χ0n) is 12.2. The summed E-state index contributed by atoms with van der Waals surface area (Å²) >= 11 is 1.47. The molecule has 0 radical (unpaired) electrons. The van der Waals surface area contributed by atoms with Gasteiger partial charge < -0.3 is 10.3 Å². The van der Waals surface area contributed by atoms with Crippen molar-refractivity contribution < 1.29 is 24.2 Å². The third-order valence-corrected chi connectivity index (χ3v) is 4.03. The number of Topliss-reactive ketones (excluding diaryl/α,β-unsaturated/α-hetero) is 1. The van der Waals surface area contributed by atoms with Crippen LogP contribution >= 0.6 is 11.3 Å². The van der Waals surface area contributed by atoms with Gasteiger partial charge in [0, 0.05) is 11.3 Å². The number of hydrogen-bond acceptors (Lipinski definition) is 6. The lowest BCUT2D eigenvalue weighted by Crippen LogP contribution is -2.49. The van der Waals surface area contributed by atoms with Crippen LogP contribution in [0.15, 0.2) is 17.5 Å². The Bertz CT molecular complexity index is 551. The zero-order chi connectivity index (χ0) is 16.1. The summed E-state index contributed by atoms with van der Waals surface area (Å²) in [6, 6.07) is 3.71. The average Bonchev–Trinajstić information content (AvgIpc) is 2.90. The summed E-state index contributed by atoms with van der Waals surface area (Å²) in [6.45, 7) is 1.11. The van der Waals surface area contributed by atoms with Crippen molar-refractivity contribution in [3.05, 3.63) is 22.4 Å². The fourth-order valence-corrected chi connectivity index (χ4v) is 2.81. The van der Waals surface area contributed by atoms with Gasteiger partial charge in [0.2, 0.25) is 11.8 Å². The summed E-state index contributed by atoms with van der Waals surface area (Å²) in [7, 11) is -1.36. The maximum atomic E-state index is 12.0. The van der Waals surface area contributed by atoms with Crippen molar-refractivity contribution in [2.75, 3.05) is 6.54 Å². The number of thiophene rings is 1. The third-order valence-electron chi connectivity index (χ3n) is 3.15. The molecule has 0 saturated carbocycles. The Balaban J connectivity index is 1.92. The van der Waals surface area contributed by atoms with Crippen molar-refractivity contribution in [1.29, 1.82) is 0 Å². The van der Waals surface area contributed by atoms with Crippen LogP contribution in [-0.4, -0.2) is 47.3 Å². The summed E-state index contributed by atoms with van der Waals surface area (Å²) in [6.07, 6.45) is 0.560. The van der Waals surface area contributed by atoms with Crippen LogP contribution in [0.2, 0.25) is 0 Å². The van der Waals surface area contributed by atoms with Crippen molar-refractivity contribution in [2.45, 2.75) is 32.1 Å². The number of nitrogens with one attached hydrogen (secondary N) is 1. The van der Waals surface area contributed by atoms with E-state index in [1.54, 1.807) is 0 Å². The number of nitrogens with zero attached hydrogens (tertiary/aromatic N) is 1. The van der Waals surface area contributed by atoms with E-state index in [0.29, 0.717) is 0 Å². The van der Waals surface area contributed by atoms with Gasteiger partial charge >= 0.3 is 7.12 Å². The second kappa shape index (κ2) is 7.53. The molecular formula is C13H17BN2O5S. The lowest BCUT2D eigenvalue weighted by Gasteiger charge is -2.21. The van der Waals surface area contributed by atoms with Gasteiger partial charge in [-0.1, -0.05) is 6.07 Å². The van der Waals surface area contributed by atoms with Crippen LogP contribution in [0, 0.1) is 0 Å². The number of hydroxylamine groups is 2. The normalized spacial score (nSPS) is 19.0. The van der Waals surface area contributed by atoms with Crippen molar-refractivity contribution in [1.82, 2.24) is 10.4 Å². The standard InChI is InChI=1S/C13H17BN2O5S/c1-9(17)8-16-13(19)5-4-11(14(20)21-16)15-12(18)7-10-3-2-6-22-10/h2-3,6,11,20H,4-5,7-8H2,1H3,(H,15,18)/t11-/m0/s1. The van der Waals surface area contributed by atoms with Crippen LogP contribution in [0.4, 0.5) is 0 Å². The first-order valence-electron chi connectivity index (χ1n) is 6.92. The van der Waals surface area contributed by atoms with Gasteiger partial charge in [-0.2, -0.15) is 0 Å². The monoisotopic (exact) mass is 324 g/mol. The van der Waals surface area contributed by atoms with E-state index in [1.165, 1.54) is 18.3 Å². The number of amides is 2. The van der Waals surface area contributed by atoms with Gasteiger partial charge in [-0.15, -0.1) is 11.3 Å². The molecule has 0 aliphatic carbocycles. The predicted octanol–water partition coefficient (Wildman–Crippen LogP) is -0.0619. The molecule has 1 saturated heterocycles. The van der Waals surface area contributed by atoms with Crippen LogP contribution in [-0.2, 0) is 25.6 Å². The highest BCUT2D eigenvalue weighted by Gasteiger charge is 2.36. The molecule has 7 nitrogen and oxygen atoms in total. The van der Waals surface area contributed by atoms with E-state index < -0.39 is 13.1 Å². The fraction of sp³-hybridized carbons (Fsp3) is 0.462. The lowest BCUT2D eigenvalue weighted by atomic mass is 9.77. The quantitative estimate of drug-likeness (QED) is 0.740. The van der Waals surface area contributed by atoms with Gasteiger partial charge in [0.25, 0.3) is 0 Å². The number of hydrogen-bond donors (Lipinski definition) is 2. The third kappa shape index (κ3) is 4.65. The van der Waals surface area contributed by atoms with E-state index in [4.69, 9.17) is 4.76 Å². The molecule has 0 bridgehead atoms. The largest absolute Gasteiger partial charge is 0.502 e. The zero-order valence-corrected chi connectivity index (χ0v) is 13.0. The van der Waals surface area contributed by atoms with Gasteiger partial charge in [0.1, 0.15) is 6.54 Å². The SMILES string of the molecule is CC(=O)CN1OB(O)[C@@H](NC(=O)Cc2cccs2)CCC1=O. The Hall–Kier alpha value is -1.71. The molecule has 2 N–H and O–H groups in total. The van der Waals surface area contributed by atoms with Crippen LogP contribution in [0.1, 0.15) is 24.6 Å². The molecule has 22 heavy (non-hydrogen) atoms. The van der Waals surface area contributed by atoms with Gasteiger partial charge in [0.15, 0.2) is 5.78 Å². The number of carbonyl (C=O) groups excluding carboxylic acids is 3. The van der Waals surface area contributed by atoms with Crippen LogP contribution < -0.4 is 5.32 Å². The molecule has 9 heteroatoms. The summed E-state index contributed by atoms with van der Waals surface area (Å²) in [5.41, 5.74) is 0. The summed E-state index contributed by atoms with van der Waals surface area (Å²) < 4.78 is 5.09.